The van der Waals surface area contributed by atoms with E-state index in [2.05, 4.69) is 35.0 Å². The summed E-state index contributed by atoms with van der Waals surface area (Å²) >= 11 is 0. The Bertz CT molecular complexity index is 1320. The van der Waals surface area contributed by atoms with Crippen LogP contribution < -0.4 is 24.7 Å². The topological polar surface area (TPSA) is 79.1 Å². The van der Waals surface area contributed by atoms with Gasteiger partial charge in [0.1, 0.15) is 0 Å². The number of nitrogen functional groups attached to an aromatic ring is 1. The van der Waals surface area contributed by atoms with Crippen LogP contribution >= 0.6 is 0 Å². The van der Waals surface area contributed by atoms with Gasteiger partial charge in [-0.1, -0.05) is 25.8 Å². The van der Waals surface area contributed by atoms with Crippen molar-refractivity contribution in [2.75, 3.05) is 19.4 Å². The smallest absolute Gasteiger partial charge is 0.241 e. The van der Waals surface area contributed by atoms with Gasteiger partial charge < -0.3 is 24.7 Å². The van der Waals surface area contributed by atoms with Gasteiger partial charge in [0.25, 0.3) is 0 Å². The summed E-state index contributed by atoms with van der Waals surface area (Å²) in [6.07, 6.45) is 7.81. The molecule has 0 bridgehead atoms. The molecule has 0 fully saturated rings. The van der Waals surface area contributed by atoms with Gasteiger partial charge in [-0.3, -0.25) is 4.90 Å². The Hall–Kier alpha value is -3.45. The summed E-state index contributed by atoms with van der Waals surface area (Å²) in [6.45, 7) is 5.94. The first-order valence-corrected chi connectivity index (χ1v) is 13.4. The molecule has 7 nitrogen and oxygen atoms in total. The maximum atomic E-state index is 6.39. The minimum Gasteiger partial charge on any atom is -0.493 e. The quantitative estimate of drug-likeness (QED) is 0.392. The molecule has 0 amide bonds. The molecule has 7 heteroatoms. The zero-order chi connectivity index (χ0) is 25.5. The summed E-state index contributed by atoms with van der Waals surface area (Å²) in [5.74, 6) is 3.79. The van der Waals surface area contributed by atoms with Crippen LogP contribution in [0.25, 0.3) is 0 Å². The second kappa shape index (κ2) is 9.78. The van der Waals surface area contributed by atoms with E-state index in [0.717, 1.165) is 67.1 Å². The Morgan fingerprint density at radius 2 is 1.95 bits per heavy atom. The van der Waals surface area contributed by atoms with Crippen LogP contribution in [0.2, 0.25) is 0 Å². The van der Waals surface area contributed by atoms with Crippen LogP contribution in [0.3, 0.4) is 0 Å². The Labute approximate surface area is 218 Å². The normalized spacial score (nSPS) is 19.6. The summed E-state index contributed by atoms with van der Waals surface area (Å²) in [6, 6.07) is 10.8. The van der Waals surface area contributed by atoms with Crippen molar-refractivity contribution in [1.29, 1.82) is 0 Å². The van der Waals surface area contributed by atoms with Crippen molar-refractivity contribution < 1.29 is 18.9 Å². The van der Waals surface area contributed by atoms with Gasteiger partial charge in [-0.2, -0.15) is 0 Å². The molecular formula is C30H35N3O4. The van der Waals surface area contributed by atoms with Crippen molar-refractivity contribution in [3.05, 3.63) is 64.3 Å². The van der Waals surface area contributed by atoms with Gasteiger partial charge in [-0.05, 0) is 67.1 Å². The number of fused-ring (bicyclic) bond motifs is 5. The van der Waals surface area contributed by atoms with Crippen molar-refractivity contribution in [3.63, 3.8) is 0 Å². The van der Waals surface area contributed by atoms with Crippen molar-refractivity contribution in [3.8, 4) is 28.9 Å². The number of rotatable bonds is 7. The zero-order valence-electron chi connectivity index (χ0n) is 21.9. The fourth-order valence-electron chi connectivity index (χ4n) is 5.84. The third-order valence-corrected chi connectivity index (χ3v) is 7.80. The van der Waals surface area contributed by atoms with Crippen molar-refractivity contribution >= 4 is 5.69 Å². The first-order valence-electron chi connectivity index (χ1n) is 13.4. The molecule has 0 aliphatic carbocycles. The van der Waals surface area contributed by atoms with Gasteiger partial charge in [0.2, 0.25) is 12.2 Å². The Morgan fingerprint density at radius 3 is 2.73 bits per heavy atom. The van der Waals surface area contributed by atoms with Crippen LogP contribution in [0.15, 0.2) is 36.5 Å². The Kier molecular flexibility index (Phi) is 6.32. The van der Waals surface area contributed by atoms with E-state index in [1.54, 1.807) is 13.3 Å². The van der Waals surface area contributed by atoms with Gasteiger partial charge >= 0.3 is 0 Å². The standard InChI is InChI=1S/C30H35N3O4/c1-4-5-6-7-28-35-26-14-20-10-11-33-17-23-19(13-24(33)22(20)15-27(26)36-28)8-9-25(34-3)29(23)37-30-18(2)12-21(31)16-32-30/h8-9,12,14-16,24,28H,4-7,10-11,13,17,31H2,1-3H3. The largest absolute Gasteiger partial charge is 0.493 e. The predicted octanol–water partition coefficient (Wildman–Crippen LogP) is 6.11. The monoisotopic (exact) mass is 501 g/mol. The number of benzene rings is 2. The average molecular weight is 502 g/mol. The van der Waals surface area contributed by atoms with Crippen LogP contribution in [0, 0.1) is 6.92 Å². The predicted molar refractivity (Wildman–Crippen MR) is 143 cm³/mol. The SMILES string of the molecule is CCCCCC1Oc2cc3c(cc2O1)C1Cc2ccc(OC)c(Oc4ncc(N)cc4C)c2CN1CC3. The highest BCUT2D eigenvalue weighted by Crippen LogP contribution is 2.48. The highest BCUT2D eigenvalue weighted by molar-refractivity contribution is 5.56. The molecule has 2 unspecified atom stereocenters. The van der Waals surface area contributed by atoms with Gasteiger partial charge in [0, 0.05) is 36.7 Å². The third-order valence-electron chi connectivity index (χ3n) is 7.80. The molecule has 0 radical (unpaired) electrons. The molecule has 1 aromatic heterocycles. The molecule has 3 aliphatic heterocycles. The van der Waals surface area contributed by atoms with Gasteiger partial charge in [0.05, 0.1) is 19.0 Å². The fourth-order valence-corrected chi connectivity index (χ4v) is 5.84. The number of pyridine rings is 1. The lowest BCUT2D eigenvalue weighted by atomic mass is 9.83. The molecule has 3 aromatic rings. The maximum absolute atomic E-state index is 6.39. The first kappa shape index (κ1) is 23.9. The number of aromatic nitrogens is 1. The maximum Gasteiger partial charge on any atom is 0.241 e. The van der Waals surface area contributed by atoms with E-state index in [1.165, 1.54) is 29.5 Å². The second-order valence-corrected chi connectivity index (χ2v) is 10.3. The number of nitrogens with two attached hydrogens (primary N) is 1. The molecule has 194 valence electrons. The molecule has 4 heterocycles. The number of nitrogens with zero attached hydrogens (tertiary/aromatic N) is 2. The number of anilines is 1. The lowest BCUT2D eigenvalue weighted by Crippen LogP contribution is -2.39. The molecule has 3 aliphatic rings. The molecule has 2 aromatic carbocycles. The lowest BCUT2D eigenvalue weighted by molar-refractivity contribution is 0.0396. The van der Waals surface area contributed by atoms with Crippen LogP contribution in [0.4, 0.5) is 5.69 Å². The molecule has 2 atom stereocenters. The van der Waals surface area contributed by atoms with Crippen molar-refractivity contribution in [2.45, 2.75) is 71.2 Å². The molecular weight excluding hydrogens is 466 g/mol. The molecule has 0 spiro atoms. The highest BCUT2D eigenvalue weighted by atomic mass is 16.7. The number of unbranched alkanes of at least 4 members (excludes halogenated alkanes) is 2. The fraction of sp³-hybridized carbons (Fsp3) is 0.433. The Morgan fingerprint density at radius 1 is 1.11 bits per heavy atom. The molecule has 6 rings (SSSR count). The lowest BCUT2D eigenvalue weighted by Gasteiger charge is -2.42. The van der Waals surface area contributed by atoms with Crippen LogP contribution in [0.1, 0.15) is 66.5 Å². The average Bonchev–Trinajstić information content (AvgIpc) is 3.29. The Balaban J connectivity index is 1.29. The van der Waals surface area contributed by atoms with E-state index in [9.17, 15) is 0 Å². The summed E-state index contributed by atoms with van der Waals surface area (Å²) < 4.78 is 24.5. The van der Waals surface area contributed by atoms with Gasteiger partial charge in [-0.25, -0.2) is 4.98 Å². The van der Waals surface area contributed by atoms with Crippen molar-refractivity contribution in [1.82, 2.24) is 9.88 Å². The van der Waals surface area contributed by atoms with Crippen LogP contribution in [-0.2, 0) is 19.4 Å². The minimum absolute atomic E-state index is 0.161. The zero-order valence-corrected chi connectivity index (χ0v) is 21.9. The van der Waals surface area contributed by atoms with Crippen LogP contribution in [-0.4, -0.2) is 29.8 Å². The number of aryl methyl sites for hydroxylation is 1. The summed E-state index contributed by atoms with van der Waals surface area (Å²) in [5.41, 5.74) is 12.6. The highest BCUT2D eigenvalue weighted by Gasteiger charge is 2.36. The number of hydrogen-bond donors (Lipinski definition) is 1. The van der Waals surface area contributed by atoms with E-state index in [4.69, 9.17) is 24.7 Å². The van der Waals surface area contributed by atoms with Gasteiger partial charge in [0.15, 0.2) is 23.0 Å². The summed E-state index contributed by atoms with van der Waals surface area (Å²) in [5, 5.41) is 0. The van der Waals surface area contributed by atoms with E-state index < -0.39 is 0 Å². The number of hydrogen-bond acceptors (Lipinski definition) is 7. The second-order valence-electron chi connectivity index (χ2n) is 10.3. The first-order chi connectivity index (χ1) is 18.0. The molecule has 0 saturated heterocycles. The van der Waals surface area contributed by atoms with E-state index in [-0.39, 0.29) is 6.29 Å². The summed E-state index contributed by atoms with van der Waals surface area (Å²) in [4.78, 5) is 6.97. The van der Waals surface area contributed by atoms with Gasteiger partial charge in [-0.15, -0.1) is 0 Å². The van der Waals surface area contributed by atoms with E-state index in [0.29, 0.717) is 23.4 Å². The summed E-state index contributed by atoms with van der Waals surface area (Å²) in [7, 11) is 1.68. The minimum atomic E-state index is -0.161. The molecule has 0 saturated carbocycles. The van der Waals surface area contributed by atoms with E-state index in [1.807, 2.05) is 19.1 Å². The third kappa shape index (κ3) is 4.46. The van der Waals surface area contributed by atoms with Crippen LogP contribution in [0.5, 0.6) is 28.9 Å². The van der Waals surface area contributed by atoms with E-state index >= 15 is 0 Å². The van der Waals surface area contributed by atoms with Crippen molar-refractivity contribution in [2.24, 2.45) is 0 Å². The molecule has 2 N–H and O–H groups in total. The molecule has 37 heavy (non-hydrogen) atoms. The number of methoxy groups -OCH3 is 1. The number of ether oxygens (including phenoxy) is 4.